The third-order valence-electron chi connectivity index (χ3n) is 4.08. The summed E-state index contributed by atoms with van der Waals surface area (Å²) in [6, 6.07) is 5.96. The Hall–Kier alpha value is -0.780. The largest absolute Gasteiger partial charge is 0.368 e. The second-order valence-electron chi connectivity index (χ2n) is 6.05. The van der Waals surface area contributed by atoms with E-state index >= 15 is 0 Å². The summed E-state index contributed by atoms with van der Waals surface area (Å²) >= 11 is 6.13. The number of nitrogens with zero attached hydrogens (tertiary/aromatic N) is 3. The molecule has 1 saturated heterocycles. The molecule has 0 atom stereocenters. The molecule has 0 unspecified atom stereocenters. The fourth-order valence-corrected chi connectivity index (χ4v) is 3.46. The van der Waals surface area contributed by atoms with E-state index in [1.807, 2.05) is 18.2 Å². The molecular weight excluding hydrogens is 489 g/mol. The van der Waals surface area contributed by atoms with Gasteiger partial charge in [-0.15, -0.1) is 24.0 Å². The highest BCUT2D eigenvalue weighted by Crippen LogP contribution is 2.25. The van der Waals surface area contributed by atoms with Crippen molar-refractivity contribution in [1.29, 1.82) is 0 Å². The second-order valence-corrected chi connectivity index (χ2v) is 8.31. The number of sulfonamides is 1. The highest BCUT2D eigenvalue weighted by atomic mass is 127. The van der Waals surface area contributed by atoms with Gasteiger partial charge < -0.3 is 15.1 Å². The summed E-state index contributed by atoms with van der Waals surface area (Å²) in [6.45, 7) is 6.35. The molecule has 1 fully saturated rings. The molecule has 0 radical (unpaired) electrons. The third-order valence-corrected chi connectivity index (χ3v) is 5.04. The normalized spacial score (nSPS) is 15.6. The molecule has 0 saturated carbocycles. The van der Waals surface area contributed by atoms with Crippen LogP contribution in [0.15, 0.2) is 23.2 Å². The van der Waals surface area contributed by atoms with Crippen LogP contribution < -0.4 is 14.9 Å². The first kappa shape index (κ1) is 23.3. The van der Waals surface area contributed by atoms with Crippen molar-refractivity contribution >= 4 is 57.2 Å². The SMILES string of the molecule is CN=C(NCCNS(C)(=O)=O)N1CCN(c2cc(Cl)ccc2C)CC1.I. The Bertz CT molecular complexity index is 721. The van der Waals surface area contributed by atoms with Crippen LogP contribution in [-0.4, -0.2) is 71.8 Å². The van der Waals surface area contributed by atoms with Crippen LogP contribution in [0.5, 0.6) is 0 Å². The predicted octanol–water partition coefficient (Wildman–Crippen LogP) is 1.51. The highest BCUT2D eigenvalue weighted by Gasteiger charge is 2.20. The summed E-state index contributed by atoms with van der Waals surface area (Å²) in [5.74, 6) is 0.790. The standard InChI is InChI=1S/C16H26ClN5O2S.HI/c1-13-4-5-14(17)12-15(13)21-8-10-22(11-9-21)16(18-2)19-6-7-20-25(3,23)24;/h4-5,12,20H,6-11H2,1-3H3,(H,18,19);1H. The van der Waals surface area contributed by atoms with Crippen molar-refractivity contribution in [2.24, 2.45) is 4.99 Å². The maximum atomic E-state index is 11.1. The van der Waals surface area contributed by atoms with Gasteiger partial charge in [0, 0.05) is 57.0 Å². The van der Waals surface area contributed by atoms with E-state index in [9.17, 15) is 8.42 Å². The van der Waals surface area contributed by atoms with Crippen molar-refractivity contribution in [2.45, 2.75) is 6.92 Å². The molecule has 1 aromatic rings. The fourth-order valence-electron chi connectivity index (χ4n) is 2.83. The molecule has 0 spiro atoms. The van der Waals surface area contributed by atoms with Crippen LogP contribution in [0, 0.1) is 6.92 Å². The van der Waals surface area contributed by atoms with Gasteiger partial charge >= 0.3 is 0 Å². The first-order chi connectivity index (χ1) is 11.8. The van der Waals surface area contributed by atoms with Crippen LogP contribution in [0.2, 0.25) is 5.02 Å². The molecule has 2 N–H and O–H groups in total. The molecule has 0 aromatic heterocycles. The molecule has 0 bridgehead atoms. The summed E-state index contributed by atoms with van der Waals surface area (Å²) < 4.78 is 24.6. The minimum Gasteiger partial charge on any atom is -0.368 e. The van der Waals surface area contributed by atoms with Crippen molar-refractivity contribution < 1.29 is 8.42 Å². The first-order valence-corrected chi connectivity index (χ1v) is 10.5. The Kier molecular flexibility index (Phi) is 9.42. The van der Waals surface area contributed by atoms with E-state index in [0.29, 0.717) is 13.1 Å². The molecule has 10 heteroatoms. The Labute approximate surface area is 178 Å². The lowest BCUT2D eigenvalue weighted by molar-refractivity contribution is 0.373. The summed E-state index contributed by atoms with van der Waals surface area (Å²) in [5, 5.41) is 3.95. The Balaban J connectivity index is 0.00000338. The molecular formula is C16H27ClIN5O2S. The molecule has 0 amide bonds. The molecule has 7 nitrogen and oxygen atoms in total. The van der Waals surface area contributed by atoms with E-state index in [4.69, 9.17) is 11.6 Å². The molecule has 1 aromatic carbocycles. The van der Waals surface area contributed by atoms with Crippen LogP contribution in [0.25, 0.3) is 0 Å². The number of hydrogen-bond acceptors (Lipinski definition) is 4. The van der Waals surface area contributed by atoms with Crippen molar-refractivity contribution in [2.75, 3.05) is 57.5 Å². The number of hydrogen-bond donors (Lipinski definition) is 2. The van der Waals surface area contributed by atoms with Crippen LogP contribution in [0.4, 0.5) is 5.69 Å². The quantitative estimate of drug-likeness (QED) is 0.269. The van der Waals surface area contributed by atoms with Gasteiger partial charge in [0.1, 0.15) is 0 Å². The Morgan fingerprint density at radius 2 is 1.88 bits per heavy atom. The summed E-state index contributed by atoms with van der Waals surface area (Å²) in [7, 11) is -1.42. The van der Waals surface area contributed by atoms with Crippen molar-refractivity contribution in [3.63, 3.8) is 0 Å². The van der Waals surface area contributed by atoms with Gasteiger partial charge in [0.05, 0.1) is 6.26 Å². The second kappa shape index (κ2) is 10.5. The lowest BCUT2D eigenvalue weighted by atomic mass is 10.1. The molecule has 0 aliphatic carbocycles. The monoisotopic (exact) mass is 515 g/mol. The topological polar surface area (TPSA) is 77.0 Å². The predicted molar refractivity (Wildman–Crippen MR) is 120 cm³/mol. The van der Waals surface area contributed by atoms with Crippen LogP contribution in [0.1, 0.15) is 5.56 Å². The third kappa shape index (κ3) is 7.09. The van der Waals surface area contributed by atoms with E-state index in [0.717, 1.165) is 43.4 Å². The molecule has 1 heterocycles. The van der Waals surface area contributed by atoms with Crippen molar-refractivity contribution in [3.8, 4) is 0 Å². The average molecular weight is 516 g/mol. The molecule has 148 valence electrons. The van der Waals surface area contributed by atoms with Gasteiger partial charge in [0.15, 0.2) is 5.96 Å². The van der Waals surface area contributed by atoms with Gasteiger partial charge in [-0.1, -0.05) is 17.7 Å². The average Bonchev–Trinajstić information content (AvgIpc) is 2.56. The number of halogens is 2. The van der Waals surface area contributed by atoms with Gasteiger partial charge in [0.25, 0.3) is 0 Å². The van der Waals surface area contributed by atoms with Crippen LogP contribution >= 0.6 is 35.6 Å². The van der Waals surface area contributed by atoms with Gasteiger partial charge in [-0.3, -0.25) is 4.99 Å². The minimum absolute atomic E-state index is 0. The lowest BCUT2D eigenvalue weighted by Gasteiger charge is -2.38. The zero-order valence-corrected chi connectivity index (χ0v) is 19.2. The number of aliphatic imine (C=N–C) groups is 1. The van der Waals surface area contributed by atoms with Crippen molar-refractivity contribution in [1.82, 2.24) is 14.9 Å². The first-order valence-electron chi connectivity index (χ1n) is 8.21. The molecule has 1 aliphatic heterocycles. The van der Waals surface area contributed by atoms with E-state index in [-0.39, 0.29) is 24.0 Å². The van der Waals surface area contributed by atoms with E-state index in [1.165, 1.54) is 11.3 Å². The lowest BCUT2D eigenvalue weighted by Crippen LogP contribution is -2.53. The van der Waals surface area contributed by atoms with Gasteiger partial charge in [-0.25, -0.2) is 13.1 Å². The molecule has 26 heavy (non-hydrogen) atoms. The summed E-state index contributed by atoms with van der Waals surface area (Å²) in [6.07, 6.45) is 1.15. The number of nitrogens with one attached hydrogen (secondary N) is 2. The molecule has 2 rings (SSSR count). The number of rotatable bonds is 5. The fraction of sp³-hybridized carbons (Fsp3) is 0.562. The van der Waals surface area contributed by atoms with Crippen LogP contribution in [0.3, 0.4) is 0 Å². The van der Waals surface area contributed by atoms with Gasteiger partial charge in [0.2, 0.25) is 10.0 Å². The zero-order valence-electron chi connectivity index (χ0n) is 15.3. The zero-order chi connectivity index (χ0) is 18.4. The number of anilines is 1. The maximum Gasteiger partial charge on any atom is 0.208 e. The van der Waals surface area contributed by atoms with Gasteiger partial charge in [-0.05, 0) is 24.6 Å². The highest BCUT2D eigenvalue weighted by molar-refractivity contribution is 14.0. The summed E-state index contributed by atoms with van der Waals surface area (Å²) in [4.78, 5) is 8.80. The molecule has 1 aliphatic rings. The number of benzene rings is 1. The van der Waals surface area contributed by atoms with E-state index in [2.05, 4.69) is 31.8 Å². The maximum absolute atomic E-state index is 11.1. The van der Waals surface area contributed by atoms with Crippen LogP contribution in [-0.2, 0) is 10.0 Å². The number of aryl methyl sites for hydroxylation is 1. The smallest absolute Gasteiger partial charge is 0.208 e. The van der Waals surface area contributed by atoms with Gasteiger partial charge in [-0.2, -0.15) is 0 Å². The number of piperazine rings is 1. The number of guanidine groups is 1. The van der Waals surface area contributed by atoms with E-state index in [1.54, 1.807) is 7.05 Å². The summed E-state index contributed by atoms with van der Waals surface area (Å²) in [5.41, 5.74) is 2.39. The Morgan fingerprint density at radius 1 is 1.23 bits per heavy atom. The Morgan fingerprint density at radius 3 is 2.46 bits per heavy atom. The van der Waals surface area contributed by atoms with Crippen molar-refractivity contribution in [3.05, 3.63) is 28.8 Å². The van der Waals surface area contributed by atoms with E-state index < -0.39 is 10.0 Å². The minimum atomic E-state index is -3.16.